The lowest BCUT2D eigenvalue weighted by atomic mass is 10.2. The van der Waals surface area contributed by atoms with Crippen molar-refractivity contribution in [3.8, 4) is 11.5 Å². The number of ether oxygens (including phenoxy) is 2. The average molecular weight is 354 g/mol. The first-order valence-corrected chi connectivity index (χ1v) is 7.95. The van der Waals surface area contributed by atoms with Crippen molar-refractivity contribution in [3.05, 3.63) is 53.3 Å². The van der Waals surface area contributed by atoms with Crippen LogP contribution < -0.4 is 14.8 Å². The van der Waals surface area contributed by atoms with E-state index < -0.39 is 12.8 Å². The Morgan fingerprint density at radius 1 is 1.08 bits per heavy atom. The molecule has 0 aliphatic carbocycles. The van der Waals surface area contributed by atoms with E-state index in [0.717, 1.165) is 16.8 Å². The van der Waals surface area contributed by atoms with E-state index in [9.17, 15) is 13.2 Å². The molecule has 0 amide bonds. The van der Waals surface area contributed by atoms with E-state index in [1.54, 1.807) is 25.3 Å². The SMILES string of the molecule is CCOc1cc(CNCc2ncccc2C)ccc1OCC(F)(F)F. The van der Waals surface area contributed by atoms with Crippen LogP contribution in [0.3, 0.4) is 0 Å². The Bertz CT molecular complexity index is 690. The summed E-state index contributed by atoms with van der Waals surface area (Å²) < 4.78 is 47.2. The first-order valence-electron chi connectivity index (χ1n) is 7.95. The highest BCUT2D eigenvalue weighted by molar-refractivity contribution is 5.43. The lowest BCUT2D eigenvalue weighted by Crippen LogP contribution is -2.19. The lowest BCUT2D eigenvalue weighted by molar-refractivity contribution is -0.153. The predicted molar refractivity (Wildman–Crippen MR) is 88.7 cm³/mol. The van der Waals surface area contributed by atoms with Gasteiger partial charge < -0.3 is 14.8 Å². The number of rotatable bonds is 8. The molecule has 0 atom stereocenters. The molecule has 7 heteroatoms. The number of halogens is 3. The van der Waals surface area contributed by atoms with E-state index in [1.165, 1.54) is 6.07 Å². The number of hydrogen-bond acceptors (Lipinski definition) is 4. The molecule has 4 nitrogen and oxygen atoms in total. The van der Waals surface area contributed by atoms with Crippen LogP contribution in [0.25, 0.3) is 0 Å². The zero-order valence-electron chi connectivity index (χ0n) is 14.2. The molecule has 0 bridgehead atoms. The van der Waals surface area contributed by atoms with E-state index in [-0.39, 0.29) is 5.75 Å². The third kappa shape index (κ3) is 6.26. The van der Waals surface area contributed by atoms with Crippen molar-refractivity contribution >= 4 is 0 Å². The van der Waals surface area contributed by atoms with Crippen molar-refractivity contribution in [2.75, 3.05) is 13.2 Å². The summed E-state index contributed by atoms with van der Waals surface area (Å²) in [6.07, 6.45) is -2.64. The van der Waals surface area contributed by atoms with Crippen LogP contribution in [0.5, 0.6) is 11.5 Å². The van der Waals surface area contributed by atoms with Crippen molar-refractivity contribution < 1.29 is 22.6 Å². The van der Waals surface area contributed by atoms with E-state index in [2.05, 4.69) is 10.3 Å². The number of aromatic nitrogens is 1. The minimum atomic E-state index is -4.38. The van der Waals surface area contributed by atoms with Gasteiger partial charge in [-0.3, -0.25) is 4.98 Å². The quantitative estimate of drug-likeness (QED) is 0.778. The molecule has 1 heterocycles. The maximum Gasteiger partial charge on any atom is 0.422 e. The number of benzene rings is 1. The van der Waals surface area contributed by atoms with Gasteiger partial charge in [0.1, 0.15) is 0 Å². The van der Waals surface area contributed by atoms with Crippen molar-refractivity contribution in [1.82, 2.24) is 10.3 Å². The predicted octanol–water partition coefficient (Wildman–Crippen LogP) is 4.02. The summed E-state index contributed by atoms with van der Waals surface area (Å²) in [6, 6.07) is 8.77. The molecule has 0 unspecified atom stereocenters. The van der Waals surface area contributed by atoms with Crippen LogP contribution in [0.4, 0.5) is 13.2 Å². The highest BCUT2D eigenvalue weighted by Gasteiger charge is 2.29. The summed E-state index contributed by atoms with van der Waals surface area (Å²) in [4.78, 5) is 4.30. The molecule has 0 saturated heterocycles. The van der Waals surface area contributed by atoms with Crippen LogP contribution in [-0.2, 0) is 13.1 Å². The second kappa shape index (κ2) is 8.71. The molecule has 1 N–H and O–H groups in total. The van der Waals surface area contributed by atoms with E-state index in [1.807, 2.05) is 19.1 Å². The van der Waals surface area contributed by atoms with Crippen molar-refractivity contribution in [1.29, 1.82) is 0 Å². The van der Waals surface area contributed by atoms with Crippen LogP contribution in [-0.4, -0.2) is 24.4 Å². The summed E-state index contributed by atoms with van der Waals surface area (Å²) in [5, 5.41) is 3.26. The molecule has 1 aromatic heterocycles. The fourth-order valence-corrected chi connectivity index (χ4v) is 2.24. The Kier molecular flexibility index (Phi) is 6.64. The van der Waals surface area contributed by atoms with Gasteiger partial charge in [-0.05, 0) is 43.2 Å². The van der Waals surface area contributed by atoms with Gasteiger partial charge in [-0.25, -0.2) is 0 Å². The maximum atomic E-state index is 12.3. The summed E-state index contributed by atoms with van der Waals surface area (Å²) in [5.41, 5.74) is 2.94. The molecule has 0 aliphatic rings. The second-order valence-corrected chi connectivity index (χ2v) is 5.49. The van der Waals surface area contributed by atoms with Crippen molar-refractivity contribution in [3.63, 3.8) is 0 Å². The molecule has 25 heavy (non-hydrogen) atoms. The van der Waals surface area contributed by atoms with Gasteiger partial charge in [0.15, 0.2) is 18.1 Å². The van der Waals surface area contributed by atoms with E-state index >= 15 is 0 Å². The third-order valence-electron chi connectivity index (χ3n) is 3.44. The Morgan fingerprint density at radius 2 is 1.88 bits per heavy atom. The molecule has 2 aromatic rings. The van der Waals surface area contributed by atoms with E-state index in [0.29, 0.717) is 25.4 Å². The molecule has 0 fully saturated rings. The molecular formula is C18H21F3N2O2. The number of aryl methyl sites for hydroxylation is 1. The van der Waals surface area contributed by atoms with Crippen molar-refractivity contribution in [2.24, 2.45) is 0 Å². The van der Waals surface area contributed by atoms with Crippen molar-refractivity contribution in [2.45, 2.75) is 33.1 Å². The average Bonchev–Trinajstić information content (AvgIpc) is 2.55. The van der Waals surface area contributed by atoms with Gasteiger partial charge in [0.25, 0.3) is 0 Å². The molecule has 0 saturated carbocycles. The van der Waals surface area contributed by atoms with E-state index in [4.69, 9.17) is 9.47 Å². The molecular weight excluding hydrogens is 333 g/mol. The summed E-state index contributed by atoms with van der Waals surface area (Å²) in [5.74, 6) is 0.392. The zero-order valence-corrected chi connectivity index (χ0v) is 14.2. The molecule has 2 rings (SSSR count). The Hall–Kier alpha value is -2.28. The topological polar surface area (TPSA) is 43.4 Å². The Morgan fingerprint density at radius 3 is 2.56 bits per heavy atom. The molecule has 0 aliphatic heterocycles. The van der Waals surface area contributed by atoms with Gasteiger partial charge in [-0.1, -0.05) is 12.1 Å². The van der Waals surface area contributed by atoms with Gasteiger partial charge in [0.2, 0.25) is 0 Å². The van der Waals surface area contributed by atoms with Crippen LogP contribution in [0.2, 0.25) is 0 Å². The van der Waals surface area contributed by atoms with Gasteiger partial charge in [-0.15, -0.1) is 0 Å². The monoisotopic (exact) mass is 354 g/mol. The Balaban J connectivity index is 1.99. The minimum Gasteiger partial charge on any atom is -0.490 e. The first kappa shape index (κ1) is 19.1. The summed E-state index contributed by atoms with van der Waals surface area (Å²) in [7, 11) is 0. The maximum absolute atomic E-state index is 12.3. The van der Waals surface area contributed by atoms with Crippen LogP contribution in [0.15, 0.2) is 36.5 Å². The largest absolute Gasteiger partial charge is 0.490 e. The molecule has 0 radical (unpaired) electrons. The number of pyridine rings is 1. The molecule has 136 valence electrons. The highest BCUT2D eigenvalue weighted by Crippen LogP contribution is 2.30. The van der Waals surface area contributed by atoms with Gasteiger partial charge in [-0.2, -0.15) is 13.2 Å². The first-order chi connectivity index (χ1) is 11.9. The number of alkyl halides is 3. The summed E-state index contributed by atoms with van der Waals surface area (Å²) >= 11 is 0. The zero-order chi connectivity index (χ0) is 18.3. The lowest BCUT2D eigenvalue weighted by Gasteiger charge is -2.15. The number of nitrogens with one attached hydrogen (secondary N) is 1. The van der Waals surface area contributed by atoms with Crippen LogP contribution in [0, 0.1) is 6.92 Å². The normalized spacial score (nSPS) is 11.4. The van der Waals surface area contributed by atoms with Gasteiger partial charge in [0, 0.05) is 19.3 Å². The number of hydrogen-bond donors (Lipinski definition) is 1. The standard InChI is InChI=1S/C18H21F3N2O2/c1-3-24-17-9-14(6-7-16(17)25-12-18(19,20)21)10-22-11-15-13(2)5-4-8-23-15/h4-9,22H,3,10-12H2,1-2H3. The Labute approximate surface area is 145 Å². The number of nitrogens with zero attached hydrogens (tertiary/aromatic N) is 1. The second-order valence-electron chi connectivity index (χ2n) is 5.49. The highest BCUT2D eigenvalue weighted by atomic mass is 19.4. The van der Waals surface area contributed by atoms with Crippen LogP contribution in [0.1, 0.15) is 23.7 Å². The molecule has 1 aromatic carbocycles. The third-order valence-corrected chi connectivity index (χ3v) is 3.44. The summed E-state index contributed by atoms with van der Waals surface area (Å²) in [6.45, 7) is 3.89. The smallest absolute Gasteiger partial charge is 0.422 e. The fraction of sp³-hybridized carbons (Fsp3) is 0.389. The van der Waals surface area contributed by atoms with Gasteiger partial charge in [0.05, 0.1) is 12.3 Å². The van der Waals surface area contributed by atoms with Crippen LogP contribution >= 0.6 is 0 Å². The minimum absolute atomic E-state index is 0.0866. The molecule has 0 spiro atoms. The fourth-order valence-electron chi connectivity index (χ4n) is 2.24. The van der Waals surface area contributed by atoms with Gasteiger partial charge >= 0.3 is 6.18 Å².